The van der Waals surface area contributed by atoms with Crippen molar-refractivity contribution in [2.75, 3.05) is 13.2 Å². The second kappa shape index (κ2) is 5.87. The van der Waals surface area contributed by atoms with Crippen LogP contribution in [0, 0.1) is 16.2 Å². The summed E-state index contributed by atoms with van der Waals surface area (Å²) < 4.78 is 0. The third-order valence-corrected chi connectivity index (χ3v) is 5.15. The zero-order chi connectivity index (χ0) is 13.9. The van der Waals surface area contributed by atoms with E-state index in [0.29, 0.717) is 13.2 Å². The lowest BCUT2D eigenvalue weighted by atomic mass is 9.48. The Labute approximate surface area is 110 Å². The topological polar surface area (TPSA) is 58.9 Å². The van der Waals surface area contributed by atoms with Gasteiger partial charge in [-0.05, 0) is 29.1 Å². The van der Waals surface area contributed by atoms with E-state index in [1.54, 1.807) is 0 Å². The Hall–Kier alpha value is -0.160. The smallest absolute Gasteiger partial charge is 0.0876 e. The summed E-state index contributed by atoms with van der Waals surface area (Å²) >= 11 is 0. The highest BCUT2D eigenvalue weighted by molar-refractivity contribution is 5.03. The van der Waals surface area contributed by atoms with Crippen LogP contribution in [0.25, 0.3) is 0 Å². The van der Waals surface area contributed by atoms with Crippen molar-refractivity contribution in [1.82, 2.24) is 0 Å². The summed E-state index contributed by atoms with van der Waals surface area (Å²) in [5, 5.41) is 17.7. The van der Waals surface area contributed by atoms with Crippen LogP contribution in [0.1, 0.15) is 59.8 Å². The molecule has 0 heterocycles. The molecule has 0 atom stereocenters. The third kappa shape index (κ3) is 2.72. The van der Waals surface area contributed by atoms with Gasteiger partial charge in [0, 0.05) is 0 Å². The SMILES string of the molecule is CC(C)(COO)C1(C(C)(C)COO)CCCCC1. The van der Waals surface area contributed by atoms with E-state index in [4.69, 9.17) is 10.5 Å². The van der Waals surface area contributed by atoms with Crippen molar-refractivity contribution in [2.45, 2.75) is 59.8 Å². The molecule has 108 valence electrons. The summed E-state index contributed by atoms with van der Waals surface area (Å²) in [4.78, 5) is 8.91. The Bertz CT molecular complexity index is 235. The molecule has 0 aromatic carbocycles. The summed E-state index contributed by atoms with van der Waals surface area (Å²) in [6.07, 6.45) is 5.79. The van der Waals surface area contributed by atoms with Crippen molar-refractivity contribution in [1.29, 1.82) is 0 Å². The van der Waals surface area contributed by atoms with Gasteiger partial charge in [-0.3, -0.25) is 10.5 Å². The van der Waals surface area contributed by atoms with Gasteiger partial charge in [0.15, 0.2) is 0 Å². The van der Waals surface area contributed by atoms with Crippen molar-refractivity contribution >= 4 is 0 Å². The average Bonchev–Trinajstić information content (AvgIpc) is 2.29. The summed E-state index contributed by atoms with van der Waals surface area (Å²) in [6.45, 7) is 9.15. The van der Waals surface area contributed by atoms with Gasteiger partial charge in [-0.2, -0.15) is 0 Å². The summed E-state index contributed by atoms with van der Waals surface area (Å²) in [7, 11) is 0. The molecule has 0 unspecified atom stereocenters. The minimum Gasteiger partial charge on any atom is -0.252 e. The molecular formula is C14H28O4. The molecule has 0 amide bonds. The summed E-state index contributed by atoms with van der Waals surface area (Å²) in [6, 6.07) is 0. The standard InChI is InChI=1S/C14H28O4/c1-12(2,10-17-15)14(8-6-5-7-9-14)13(3,4)11-18-16/h15-16H,5-11H2,1-4H3. The Kier molecular flexibility index (Phi) is 5.18. The van der Waals surface area contributed by atoms with Crippen molar-refractivity contribution in [3.05, 3.63) is 0 Å². The van der Waals surface area contributed by atoms with Crippen LogP contribution in [0.2, 0.25) is 0 Å². The van der Waals surface area contributed by atoms with E-state index in [-0.39, 0.29) is 16.2 Å². The van der Waals surface area contributed by atoms with Gasteiger partial charge in [-0.15, -0.1) is 0 Å². The van der Waals surface area contributed by atoms with Gasteiger partial charge in [0.2, 0.25) is 0 Å². The minimum absolute atomic E-state index is 0.00368. The zero-order valence-electron chi connectivity index (χ0n) is 12.2. The quantitative estimate of drug-likeness (QED) is 0.560. The monoisotopic (exact) mass is 260 g/mol. The Morgan fingerprint density at radius 3 is 1.56 bits per heavy atom. The molecule has 0 radical (unpaired) electrons. The van der Waals surface area contributed by atoms with Crippen molar-refractivity contribution in [3.8, 4) is 0 Å². The van der Waals surface area contributed by atoms with Crippen LogP contribution in [-0.2, 0) is 9.78 Å². The lowest BCUT2D eigenvalue weighted by Crippen LogP contribution is -2.53. The maximum absolute atomic E-state index is 8.86. The second-order valence-corrected chi connectivity index (χ2v) is 6.96. The van der Waals surface area contributed by atoms with Crippen molar-refractivity contribution in [3.63, 3.8) is 0 Å². The Morgan fingerprint density at radius 2 is 1.22 bits per heavy atom. The number of rotatable bonds is 6. The molecule has 1 aliphatic carbocycles. The van der Waals surface area contributed by atoms with E-state index in [0.717, 1.165) is 12.8 Å². The van der Waals surface area contributed by atoms with Crippen LogP contribution >= 0.6 is 0 Å². The highest BCUT2D eigenvalue weighted by Gasteiger charge is 2.55. The molecule has 0 saturated heterocycles. The molecule has 0 spiro atoms. The lowest BCUT2D eigenvalue weighted by Gasteiger charge is -2.57. The van der Waals surface area contributed by atoms with Crippen LogP contribution in [0.5, 0.6) is 0 Å². The van der Waals surface area contributed by atoms with Crippen LogP contribution in [0.3, 0.4) is 0 Å². The molecule has 1 rings (SSSR count). The van der Waals surface area contributed by atoms with E-state index in [1.165, 1.54) is 19.3 Å². The first-order valence-electron chi connectivity index (χ1n) is 6.86. The van der Waals surface area contributed by atoms with Gasteiger partial charge < -0.3 is 0 Å². The van der Waals surface area contributed by atoms with Crippen LogP contribution in [0.4, 0.5) is 0 Å². The van der Waals surface area contributed by atoms with Crippen LogP contribution in [-0.4, -0.2) is 23.7 Å². The molecule has 2 N–H and O–H groups in total. The van der Waals surface area contributed by atoms with Gasteiger partial charge in [0.1, 0.15) is 0 Å². The largest absolute Gasteiger partial charge is 0.252 e. The van der Waals surface area contributed by atoms with Gasteiger partial charge in [-0.1, -0.05) is 47.0 Å². The molecule has 0 aromatic rings. The first kappa shape index (κ1) is 15.9. The first-order valence-corrected chi connectivity index (χ1v) is 6.86. The molecule has 4 nitrogen and oxygen atoms in total. The van der Waals surface area contributed by atoms with E-state index in [2.05, 4.69) is 37.5 Å². The predicted molar refractivity (Wildman–Crippen MR) is 70.2 cm³/mol. The van der Waals surface area contributed by atoms with Crippen LogP contribution in [0.15, 0.2) is 0 Å². The van der Waals surface area contributed by atoms with Crippen molar-refractivity contribution in [2.24, 2.45) is 16.2 Å². The molecule has 4 heteroatoms. The highest BCUT2D eigenvalue weighted by atomic mass is 17.1. The summed E-state index contributed by atoms with van der Waals surface area (Å²) in [5.41, 5.74) is -0.321. The molecule has 1 saturated carbocycles. The van der Waals surface area contributed by atoms with E-state index >= 15 is 0 Å². The van der Waals surface area contributed by atoms with Crippen molar-refractivity contribution < 1.29 is 20.3 Å². The van der Waals surface area contributed by atoms with E-state index < -0.39 is 0 Å². The predicted octanol–water partition coefficient (Wildman–Crippen LogP) is 3.97. The molecule has 18 heavy (non-hydrogen) atoms. The third-order valence-electron chi connectivity index (χ3n) is 5.15. The Morgan fingerprint density at radius 1 is 0.833 bits per heavy atom. The normalized spacial score (nSPS) is 21.0. The Balaban J connectivity index is 3.09. The fourth-order valence-corrected chi connectivity index (χ4v) is 4.02. The van der Waals surface area contributed by atoms with Gasteiger partial charge in [-0.25, -0.2) is 9.78 Å². The maximum atomic E-state index is 8.86. The van der Waals surface area contributed by atoms with E-state index in [1.807, 2.05) is 0 Å². The molecule has 0 bridgehead atoms. The van der Waals surface area contributed by atoms with Gasteiger partial charge in [0.25, 0.3) is 0 Å². The lowest BCUT2D eigenvalue weighted by molar-refractivity contribution is -0.301. The fourth-order valence-electron chi connectivity index (χ4n) is 4.02. The molecule has 1 fully saturated rings. The fraction of sp³-hybridized carbons (Fsp3) is 1.00. The second-order valence-electron chi connectivity index (χ2n) is 6.96. The van der Waals surface area contributed by atoms with Crippen LogP contribution < -0.4 is 0 Å². The minimum atomic E-state index is -0.162. The van der Waals surface area contributed by atoms with Gasteiger partial charge in [0.05, 0.1) is 13.2 Å². The molecule has 0 aromatic heterocycles. The van der Waals surface area contributed by atoms with Gasteiger partial charge >= 0.3 is 0 Å². The number of hydrogen-bond donors (Lipinski definition) is 2. The molecular weight excluding hydrogens is 232 g/mol. The maximum Gasteiger partial charge on any atom is 0.0876 e. The number of hydrogen-bond acceptors (Lipinski definition) is 4. The zero-order valence-corrected chi connectivity index (χ0v) is 12.2. The first-order chi connectivity index (χ1) is 8.33. The highest BCUT2D eigenvalue weighted by Crippen LogP contribution is 2.59. The summed E-state index contributed by atoms with van der Waals surface area (Å²) in [5.74, 6) is 0. The molecule has 1 aliphatic rings. The molecule has 0 aliphatic heterocycles. The van der Waals surface area contributed by atoms with E-state index in [9.17, 15) is 0 Å². The average molecular weight is 260 g/mol.